The highest BCUT2D eigenvalue weighted by Gasteiger charge is 2.27. The third kappa shape index (κ3) is 4.35. The molecule has 0 aliphatic carbocycles. The molecule has 0 fully saturated rings. The predicted octanol–water partition coefficient (Wildman–Crippen LogP) is 3.03. The van der Waals surface area contributed by atoms with Crippen molar-refractivity contribution in [1.29, 1.82) is 0 Å². The Labute approximate surface area is 116 Å². The molecule has 0 saturated heterocycles. The molecule has 0 bridgehead atoms. The van der Waals surface area contributed by atoms with Crippen LogP contribution in [-0.4, -0.2) is 18.6 Å². The zero-order chi connectivity index (χ0) is 14.7. The number of carbonyl (C=O) groups is 1. The normalized spacial score (nSPS) is 12.3. The maximum atomic E-state index is 11.6. The summed E-state index contributed by atoms with van der Waals surface area (Å²) in [4.78, 5) is 11.6. The van der Waals surface area contributed by atoms with Gasteiger partial charge in [0.05, 0.1) is 7.11 Å². The molecular weight excluding hydrogens is 238 g/mol. The van der Waals surface area contributed by atoms with Gasteiger partial charge in [0, 0.05) is 6.54 Å². The molecule has 3 heteroatoms. The van der Waals surface area contributed by atoms with Crippen molar-refractivity contribution in [3.63, 3.8) is 0 Å². The van der Waals surface area contributed by atoms with Crippen molar-refractivity contribution in [3.05, 3.63) is 35.4 Å². The molecule has 3 nitrogen and oxygen atoms in total. The van der Waals surface area contributed by atoms with Crippen molar-refractivity contribution in [2.24, 2.45) is 0 Å². The Balaban J connectivity index is 2.67. The Morgan fingerprint density at radius 1 is 1.11 bits per heavy atom. The largest absolute Gasteiger partial charge is 0.468 e. The summed E-state index contributed by atoms with van der Waals surface area (Å²) in [6.45, 7) is 10.9. The van der Waals surface area contributed by atoms with Gasteiger partial charge < -0.3 is 4.74 Å². The first-order valence-electron chi connectivity index (χ1n) is 6.59. The standard InChI is InChI=1S/C16H25NO2/c1-15(2,3)13-9-7-12(8-10-13)11-17-16(4,5)14(18)19-6/h7-10,17H,11H2,1-6H3. The molecule has 1 aromatic carbocycles. The molecule has 0 aromatic heterocycles. The third-order valence-corrected chi connectivity index (χ3v) is 3.25. The number of hydrogen-bond acceptors (Lipinski definition) is 3. The Hall–Kier alpha value is -1.35. The first-order valence-corrected chi connectivity index (χ1v) is 6.59. The van der Waals surface area contributed by atoms with Gasteiger partial charge in [0.1, 0.15) is 5.54 Å². The predicted molar refractivity (Wildman–Crippen MR) is 78.1 cm³/mol. The maximum absolute atomic E-state index is 11.6. The summed E-state index contributed by atoms with van der Waals surface area (Å²) in [5.41, 5.74) is 1.96. The summed E-state index contributed by atoms with van der Waals surface area (Å²) in [5.74, 6) is -0.251. The molecule has 1 N–H and O–H groups in total. The van der Waals surface area contributed by atoms with Crippen LogP contribution in [0.4, 0.5) is 0 Å². The molecule has 0 atom stereocenters. The van der Waals surface area contributed by atoms with E-state index in [4.69, 9.17) is 4.74 Å². The number of esters is 1. The van der Waals surface area contributed by atoms with Crippen molar-refractivity contribution in [2.75, 3.05) is 7.11 Å². The fourth-order valence-corrected chi connectivity index (χ4v) is 1.77. The second-order valence-corrected chi connectivity index (χ2v) is 6.42. The summed E-state index contributed by atoms with van der Waals surface area (Å²) in [6.07, 6.45) is 0. The number of carbonyl (C=O) groups excluding carboxylic acids is 1. The highest BCUT2D eigenvalue weighted by atomic mass is 16.5. The Morgan fingerprint density at radius 2 is 1.63 bits per heavy atom. The fraction of sp³-hybridized carbons (Fsp3) is 0.562. The summed E-state index contributed by atoms with van der Waals surface area (Å²) in [5, 5.41) is 3.21. The Kier molecular flexibility index (Phi) is 4.75. The topological polar surface area (TPSA) is 38.3 Å². The molecule has 0 unspecified atom stereocenters. The Bertz CT molecular complexity index is 427. The van der Waals surface area contributed by atoms with Crippen molar-refractivity contribution in [2.45, 2.75) is 52.1 Å². The van der Waals surface area contributed by atoms with E-state index in [1.54, 1.807) is 0 Å². The molecule has 0 aliphatic rings. The van der Waals surface area contributed by atoms with Gasteiger partial charge in [0.2, 0.25) is 0 Å². The molecule has 19 heavy (non-hydrogen) atoms. The minimum atomic E-state index is -0.669. The van der Waals surface area contributed by atoms with Crippen LogP contribution in [0.5, 0.6) is 0 Å². The molecule has 0 amide bonds. The fourth-order valence-electron chi connectivity index (χ4n) is 1.77. The van der Waals surface area contributed by atoms with Crippen molar-refractivity contribution in [1.82, 2.24) is 5.32 Å². The molecule has 0 spiro atoms. The van der Waals surface area contributed by atoms with Gasteiger partial charge in [-0.3, -0.25) is 10.1 Å². The average Bonchev–Trinajstić information content (AvgIpc) is 2.35. The smallest absolute Gasteiger partial charge is 0.325 e. The van der Waals surface area contributed by atoms with Crippen LogP contribution in [0.25, 0.3) is 0 Å². The van der Waals surface area contributed by atoms with Crippen molar-refractivity contribution >= 4 is 5.97 Å². The molecular formula is C16H25NO2. The van der Waals surface area contributed by atoms with E-state index in [1.165, 1.54) is 12.7 Å². The minimum Gasteiger partial charge on any atom is -0.468 e. The van der Waals surface area contributed by atoms with Gasteiger partial charge in [0.15, 0.2) is 0 Å². The van der Waals surface area contributed by atoms with Crippen LogP contribution < -0.4 is 5.32 Å². The summed E-state index contributed by atoms with van der Waals surface area (Å²) in [6, 6.07) is 8.48. The van der Waals surface area contributed by atoms with E-state index < -0.39 is 5.54 Å². The molecule has 0 aliphatic heterocycles. The third-order valence-electron chi connectivity index (χ3n) is 3.25. The van der Waals surface area contributed by atoms with Crippen molar-refractivity contribution < 1.29 is 9.53 Å². The molecule has 0 radical (unpaired) electrons. The number of ether oxygens (including phenoxy) is 1. The lowest BCUT2D eigenvalue weighted by atomic mass is 9.87. The zero-order valence-corrected chi connectivity index (χ0v) is 12.8. The number of nitrogens with one attached hydrogen (secondary N) is 1. The van der Waals surface area contributed by atoms with Crippen LogP contribution in [0.1, 0.15) is 45.7 Å². The van der Waals surface area contributed by atoms with Crippen LogP contribution in [0, 0.1) is 0 Å². The van der Waals surface area contributed by atoms with E-state index in [-0.39, 0.29) is 11.4 Å². The minimum absolute atomic E-state index is 0.164. The van der Waals surface area contributed by atoms with Crippen LogP contribution in [0.2, 0.25) is 0 Å². The Morgan fingerprint density at radius 3 is 2.05 bits per heavy atom. The van der Waals surface area contributed by atoms with Gasteiger partial charge in [0.25, 0.3) is 0 Å². The van der Waals surface area contributed by atoms with Crippen LogP contribution >= 0.6 is 0 Å². The SMILES string of the molecule is COC(=O)C(C)(C)NCc1ccc(C(C)(C)C)cc1. The van der Waals surface area contributed by atoms with Gasteiger partial charge in [-0.1, -0.05) is 45.0 Å². The van der Waals surface area contributed by atoms with Crippen LogP contribution in [0.15, 0.2) is 24.3 Å². The lowest BCUT2D eigenvalue weighted by Crippen LogP contribution is -2.46. The van der Waals surface area contributed by atoms with E-state index in [1.807, 2.05) is 13.8 Å². The molecule has 1 rings (SSSR count). The van der Waals surface area contributed by atoms with Gasteiger partial charge in [-0.05, 0) is 30.4 Å². The lowest BCUT2D eigenvalue weighted by Gasteiger charge is -2.23. The second-order valence-electron chi connectivity index (χ2n) is 6.42. The zero-order valence-electron chi connectivity index (χ0n) is 12.8. The van der Waals surface area contributed by atoms with E-state index in [2.05, 4.69) is 50.4 Å². The summed E-state index contributed by atoms with van der Waals surface area (Å²) < 4.78 is 4.77. The number of methoxy groups -OCH3 is 1. The number of benzene rings is 1. The molecule has 0 saturated carbocycles. The maximum Gasteiger partial charge on any atom is 0.325 e. The number of hydrogen-bond donors (Lipinski definition) is 1. The van der Waals surface area contributed by atoms with Crippen LogP contribution in [0.3, 0.4) is 0 Å². The highest BCUT2D eigenvalue weighted by molar-refractivity contribution is 5.79. The second kappa shape index (κ2) is 5.74. The van der Waals surface area contributed by atoms with Gasteiger partial charge in [-0.15, -0.1) is 0 Å². The van der Waals surface area contributed by atoms with E-state index in [0.717, 1.165) is 5.56 Å². The van der Waals surface area contributed by atoms with Gasteiger partial charge >= 0.3 is 5.97 Å². The molecule has 106 valence electrons. The monoisotopic (exact) mass is 263 g/mol. The van der Waals surface area contributed by atoms with Crippen LogP contribution in [-0.2, 0) is 21.5 Å². The summed E-state index contributed by atoms with van der Waals surface area (Å²) >= 11 is 0. The molecule has 1 aromatic rings. The first kappa shape index (κ1) is 15.7. The first-order chi connectivity index (χ1) is 8.66. The van der Waals surface area contributed by atoms with Gasteiger partial charge in [-0.25, -0.2) is 0 Å². The average molecular weight is 263 g/mol. The quantitative estimate of drug-likeness (QED) is 0.849. The van der Waals surface area contributed by atoms with Crippen molar-refractivity contribution in [3.8, 4) is 0 Å². The van der Waals surface area contributed by atoms with E-state index in [0.29, 0.717) is 6.54 Å². The number of rotatable bonds is 4. The van der Waals surface area contributed by atoms with Gasteiger partial charge in [-0.2, -0.15) is 0 Å². The highest BCUT2D eigenvalue weighted by Crippen LogP contribution is 2.22. The summed E-state index contributed by atoms with van der Waals surface area (Å²) in [7, 11) is 1.41. The molecule has 0 heterocycles. The van der Waals surface area contributed by atoms with E-state index in [9.17, 15) is 4.79 Å². The lowest BCUT2D eigenvalue weighted by molar-refractivity contribution is -0.147. The van der Waals surface area contributed by atoms with E-state index >= 15 is 0 Å².